The summed E-state index contributed by atoms with van der Waals surface area (Å²) in [7, 11) is 0. The van der Waals surface area contributed by atoms with Gasteiger partial charge in [0.1, 0.15) is 4.99 Å². The van der Waals surface area contributed by atoms with Crippen molar-refractivity contribution in [2.45, 2.75) is 26.7 Å². The molecule has 1 aromatic heterocycles. The number of nitrogens with zero attached hydrogens (tertiary/aromatic N) is 1. The van der Waals surface area contributed by atoms with Crippen LogP contribution in [0.2, 0.25) is 0 Å². The first kappa shape index (κ1) is 15.4. The number of aromatic nitrogens is 1. The monoisotopic (exact) mass is 299 g/mol. The molecule has 21 heavy (non-hydrogen) atoms. The zero-order valence-corrected chi connectivity index (χ0v) is 13.3. The normalized spacial score (nSPS) is 10.4. The molecule has 0 atom stereocenters. The first-order chi connectivity index (χ1) is 10.1. The predicted molar refractivity (Wildman–Crippen MR) is 92.9 cm³/mol. The molecular weight excluding hydrogens is 278 g/mol. The van der Waals surface area contributed by atoms with E-state index in [1.54, 1.807) is 0 Å². The van der Waals surface area contributed by atoms with E-state index in [4.69, 9.17) is 18.0 Å². The molecule has 0 saturated carbocycles. The van der Waals surface area contributed by atoms with E-state index < -0.39 is 0 Å². The number of aryl methyl sites for hydroxylation is 3. The highest BCUT2D eigenvalue weighted by atomic mass is 32.1. The summed E-state index contributed by atoms with van der Waals surface area (Å²) in [6.45, 7) is 4.80. The minimum Gasteiger partial charge on any atom is -0.389 e. The molecule has 0 unspecified atom stereocenters. The third-order valence-corrected chi connectivity index (χ3v) is 3.58. The van der Waals surface area contributed by atoms with Crippen LogP contribution in [0.5, 0.6) is 0 Å². The van der Waals surface area contributed by atoms with Crippen LogP contribution in [-0.4, -0.2) is 16.5 Å². The van der Waals surface area contributed by atoms with Gasteiger partial charge < -0.3 is 11.1 Å². The maximum absolute atomic E-state index is 5.81. The number of thiocarbonyl (C=S) groups is 1. The summed E-state index contributed by atoms with van der Waals surface area (Å²) in [4.78, 5) is 4.82. The van der Waals surface area contributed by atoms with Gasteiger partial charge in [0.05, 0.1) is 5.56 Å². The van der Waals surface area contributed by atoms with E-state index in [1.807, 2.05) is 26.0 Å². The molecule has 0 saturated heterocycles. The molecule has 4 heteroatoms. The lowest BCUT2D eigenvalue weighted by Gasteiger charge is -2.14. The second kappa shape index (κ2) is 7.18. The van der Waals surface area contributed by atoms with Crippen molar-refractivity contribution in [1.82, 2.24) is 4.98 Å². The van der Waals surface area contributed by atoms with Crippen LogP contribution >= 0.6 is 12.2 Å². The first-order valence-corrected chi connectivity index (χ1v) is 7.54. The summed E-state index contributed by atoms with van der Waals surface area (Å²) in [6.07, 6.45) is 2.11. The molecule has 3 nitrogen and oxygen atoms in total. The quantitative estimate of drug-likeness (QED) is 0.634. The Morgan fingerprint density at radius 1 is 1.24 bits per heavy atom. The molecule has 0 radical (unpaired) electrons. The van der Waals surface area contributed by atoms with Gasteiger partial charge in [-0.25, -0.2) is 0 Å². The Balaban J connectivity index is 1.98. The van der Waals surface area contributed by atoms with Crippen LogP contribution in [0.15, 0.2) is 36.4 Å². The van der Waals surface area contributed by atoms with Crippen LogP contribution in [0.1, 0.15) is 28.9 Å². The van der Waals surface area contributed by atoms with Crippen LogP contribution < -0.4 is 11.1 Å². The van der Waals surface area contributed by atoms with E-state index in [1.165, 1.54) is 5.56 Å². The van der Waals surface area contributed by atoms with Gasteiger partial charge in [0, 0.05) is 23.6 Å². The van der Waals surface area contributed by atoms with Gasteiger partial charge in [-0.15, -0.1) is 0 Å². The predicted octanol–water partition coefficient (Wildman–Crippen LogP) is 3.38. The Bertz CT molecular complexity index is 623. The maximum atomic E-state index is 5.81. The van der Waals surface area contributed by atoms with Gasteiger partial charge in [-0.1, -0.05) is 42.5 Å². The Labute approximate surface area is 131 Å². The third-order valence-electron chi connectivity index (χ3n) is 3.38. The number of pyridine rings is 1. The van der Waals surface area contributed by atoms with E-state index in [-0.39, 0.29) is 0 Å². The van der Waals surface area contributed by atoms with Gasteiger partial charge >= 0.3 is 0 Å². The lowest BCUT2D eigenvalue weighted by molar-refractivity contribution is 0.862. The molecule has 2 aromatic rings. The van der Waals surface area contributed by atoms with Crippen molar-refractivity contribution < 1.29 is 0 Å². The van der Waals surface area contributed by atoms with Crippen molar-refractivity contribution >= 4 is 22.9 Å². The molecule has 110 valence electrons. The maximum Gasteiger partial charge on any atom is 0.107 e. The second-order valence-electron chi connectivity index (χ2n) is 5.15. The molecule has 0 aliphatic carbocycles. The first-order valence-electron chi connectivity index (χ1n) is 7.14. The highest BCUT2D eigenvalue weighted by Gasteiger charge is 2.10. The Morgan fingerprint density at radius 3 is 2.62 bits per heavy atom. The topological polar surface area (TPSA) is 50.9 Å². The highest BCUT2D eigenvalue weighted by molar-refractivity contribution is 7.80. The molecular formula is C17H21N3S. The van der Waals surface area contributed by atoms with Gasteiger partial charge in [-0.2, -0.15) is 0 Å². The van der Waals surface area contributed by atoms with E-state index in [0.717, 1.165) is 42.0 Å². The number of benzene rings is 1. The molecule has 2 rings (SSSR count). The average molecular weight is 299 g/mol. The van der Waals surface area contributed by atoms with E-state index >= 15 is 0 Å². The van der Waals surface area contributed by atoms with Gasteiger partial charge in [-0.05, 0) is 38.3 Å². The zero-order chi connectivity index (χ0) is 15.2. The van der Waals surface area contributed by atoms with E-state index in [0.29, 0.717) is 4.99 Å². The molecule has 0 aliphatic heterocycles. The number of nitrogens with two attached hydrogens (primary N) is 1. The Kier molecular flexibility index (Phi) is 5.28. The number of rotatable bonds is 6. The van der Waals surface area contributed by atoms with Crippen molar-refractivity contribution in [3.05, 3.63) is 58.9 Å². The van der Waals surface area contributed by atoms with Crippen LogP contribution in [0.25, 0.3) is 0 Å². The number of nitrogens with one attached hydrogen (secondary N) is 1. The smallest absolute Gasteiger partial charge is 0.107 e. The second-order valence-corrected chi connectivity index (χ2v) is 5.59. The largest absolute Gasteiger partial charge is 0.389 e. The molecule has 0 spiro atoms. The van der Waals surface area contributed by atoms with Crippen LogP contribution in [0.3, 0.4) is 0 Å². The minimum atomic E-state index is 0.394. The SMILES string of the molecule is Cc1cc(NCCCc2ccccc2)c(C(N)=S)c(C)n1. The van der Waals surface area contributed by atoms with Gasteiger partial charge in [0.2, 0.25) is 0 Å². The molecule has 0 aliphatic rings. The number of anilines is 1. The summed E-state index contributed by atoms with van der Waals surface area (Å²) in [5.74, 6) is 0. The molecule has 0 amide bonds. The van der Waals surface area contributed by atoms with Gasteiger partial charge in [0.15, 0.2) is 0 Å². The molecule has 0 bridgehead atoms. The average Bonchev–Trinajstić information content (AvgIpc) is 2.43. The summed E-state index contributed by atoms with van der Waals surface area (Å²) in [5.41, 5.74) is 10.9. The Hall–Kier alpha value is -1.94. The molecule has 0 fully saturated rings. The number of hydrogen-bond donors (Lipinski definition) is 2. The fourth-order valence-electron chi connectivity index (χ4n) is 2.44. The standard InChI is InChI=1S/C17H21N3S/c1-12-11-15(16(17(18)21)13(2)20-12)19-10-6-9-14-7-4-3-5-8-14/h3-5,7-8,11H,6,9-10H2,1-2H3,(H2,18,21)(H,19,20). The highest BCUT2D eigenvalue weighted by Crippen LogP contribution is 2.19. The van der Waals surface area contributed by atoms with Crippen molar-refractivity contribution in [1.29, 1.82) is 0 Å². The lowest BCUT2D eigenvalue weighted by Crippen LogP contribution is -2.17. The summed E-state index contributed by atoms with van der Waals surface area (Å²) in [5, 5.41) is 3.44. The fourth-order valence-corrected chi connectivity index (χ4v) is 2.70. The molecule has 1 aromatic carbocycles. The van der Waals surface area contributed by atoms with Crippen molar-refractivity contribution in [2.75, 3.05) is 11.9 Å². The summed E-state index contributed by atoms with van der Waals surface area (Å²) >= 11 is 5.13. The fraction of sp³-hybridized carbons (Fsp3) is 0.294. The summed E-state index contributed by atoms with van der Waals surface area (Å²) in [6, 6.07) is 12.5. The number of hydrogen-bond acceptors (Lipinski definition) is 3. The van der Waals surface area contributed by atoms with Gasteiger partial charge in [-0.3, -0.25) is 4.98 Å². The van der Waals surface area contributed by atoms with Crippen molar-refractivity contribution in [3.8, 4) is 0 Å². The van der Waals surface area contributed by atoms with Gasteiger partial charge in [0.25, 0.3) is 0 Å². The zero-order valence-electron chi connectivity index (χ0n) is 12.5. The van der Waals surface area contributed by atoms with E-state index in [9.17, 15) is 0 Å². The van der Waals surface area contributed by atoms with Crippen molar-refractivity contribution in [3.63, 3.8) is 0 Å². The Morgan fingerprint density at radius 2 is 1.95 bits per heavy atom. The molecule has 1 heterocycles. The lowest BCUT2D eigenvalue weighted by atomic mass is 10.1. The van der Waals surface area contributed by atoms with E-state index in [2.05, 4.69) is 34.6 Å². The summed E-state index contributed by atoms with van der Waals surface area (Å²) < 4.78 is 0. The van der Waals surface area contributed by atoms with Crippen LogP contribution in [-0.2, 0) is 6.42 Å². The van der Waals surface area contributed by atoms with Crippen LogP contribution in [0.4, 0.5) is 5.69 Å². The third kappa shape index (κ3) is 4.26. The van der Waals surface area contributed by atoms with Crippen LogP contribution in [0, 0.1) is 13.8 Å². The molecule has 3 N–H and O–H groups in total. The van der Waals surface area contributed by atoms with Crippen molar-refractivity contribution in [2.24, 2.45) is 5.73 Å². The minimum absolute atomic E-state index is 0.394.